The van der Waals surface area contributed by atoms with Crippen molar-refractivity contribution in [2.24, 2.45) is 0 Å². The van der Waals surface area contributed by atoms with Gasteiger partial charge in [-0.3, -0.25) is 9.59 Å². The summed E-state index contributed by atoms with van der Waals surface area (Å²) in [7, 11) is 0. The highest BCUT2D eigenvalue weighted by molar-refractivity contribution is 5.76. The lowest BCUT2D eigenvalue weighted by molar-refractivity contribution is -0.143. The number of amides is 1. The summed E-state index contributed by atoms with van der Waals surface area (Å²) in [5.41, 5.74) is 0. The molecule has 354 valence electrons. The fraction of sp³-hybridized carbons (Fsp3) is 0.889. The monoisotopic (exact) mass is 846 g/mol. The lowest BCUT2D eigenvalue weighted by Gasteiger charge is -2.22. The Labute approximate surface area is 373 Å². The molecule has 2 atom stereocenters. The maximum absolute atomic E-state index is 12.4. The van der Waals surface area contributed by atoms with Crippen molar-refractivity contribution >= 4 is 11.9 Å². The molecule has 0 saturated carbocycles. The van der Waals surface area contributed by atoms with Crippen molar-refractivity contribution in [3.05, 3.63) is 24.3 Å². The minimum absolute atomic E-state index is 0.0100. The summed E-state index contributed by atoms with van der Waals surface area (Å²) in [4.78, 5) is 24.5. The second kappa shape index (κ2) is 50.0. The highest BCUT2D eigenvalue weighted by Gasteiger charge is 2.20. The molecule has 0 heterocycles. The van der Waals surface area contributed by atoms with E-state index in [2.05, 4.69) is 43.5 Å². The number of aliphatic hydroxyl groups excluding tert-OH is 2. The van der Waals surface area contributed by atoms with Gasteiger partial charge in [0.2, 0.25) is 5.91 Å². The molecule has 6 nitrogen and oxygen atoms in total. The zero-order valence-electron chi connectivity index (χ0n) is 40.2. The molecule has 2 unspecified atom stereocenters. The topological polar surface area (TPSA) is 95.9 Å². The Balaban J connectivity index is 3.43. The number of rotatable bonds is 49. The summed E-state index contributed by atoms with van der Waals surface area (Å²) in [6, 6.07) is -0.548. The van der Waals surface area contributed by atoms with Crippen molar-refractivity contribution in [2.45, 2.75) is 296 Å². The van der Waals surface area contributed by atoms with Crippen molar-refractivity contribution in [3.63, 3.8) is 0 Å². The van der Waals surface area contributed by atoms with E-state index in [-0.39, 0.29) is 18.5 Å². The molecule has 6 heteroatoms. The van der Waals surface area contributed by atoms with Crippen LogP contribution in [0.5, 0.6) is 0 Å². The first-order valence-electron chi connectivity index (χ1n) is 26.6. The molecular weight excluding hydrogens is 743 g/mol. The summed E-state index contributed by atoms with van der Waals surface area (Å²) in [5.74, 6) is -0.0563. The van der Waals surface area contributed by atoms with Gasteiger partial charge in [-0.05, 0) is 57.8 Å². The van der Waals surface area contributed by atoms with Gasteiger partial charge in [0.15, 0.2) is 0 Å². The first kappa shape index (κ1) is 58.3. The summed E-state index contributed by atoms with van der Waals surface area (Å²) >= 11 is 0. The van der Waals surface area contributed by atoms with E-state index in [0.29, 0.717) is 25.9 Å². The second-order valence-electron chi connectivity index (χ2n) is 18.2. The molecule has 0 bridgehead atoms. The normalized spacial score (nSPS) is 12.8. The number of hydrogen-bond acceptors (Lipinski definition) is 5. The van der Waals surface area contributed by atoms with Crippen LogP contribution in [0.25, 0.3) is 0 Å². The number of allylic oxidation sites excluding steroid dienone is 4. The molecule has 0 fully saturated rings. The fourth-order valence-electron chi connectivity index (χ4n) is 8.14. The third kappa shape index (κ3) is 45.9. The van der Waals surface area contributed by atoms with E-state index >= 15 is 0 Å². The Morgan fingerprint density at radius 3 is 1.30 bits per heavy atom. The molecule has 0 aromatic heterocycles. The van der Waals surface area contributed by atoms with E-state index in [1.54, 1.807) is 0 Å². The van der Waals surface area contributed by atoms with Crippen LogP contribution in [0, 0.1) is 0 Å². The smallest absolute Gasteiger partial charge is 0.305 e. The maximum atomic E-state index is 12.4. The number of hydrogen-bond donors (Lipinski definition) is 3. The average Bonchev–Trinajstić information content (AvgIpc) is 3.25. The Bertz CT molecular complexity index is 935. The average molecular weight is 846 g/mol. The van der Waals surface area contributed by atoms with Crippen LogP contribution in [-0.2, 0) is 14.3 Å². The van der Waals surface area contributed by atoms with E-state index in [1.165, 1.54) is 193 Å². The van der Waals surface area contributed by atoms with Gasteiger partial charge in [0.25, 0.3) is 0 Å². The minimum Gasteiger partial charge on any atom is -0.466 e. The minimum atomic E-state index is -0.670. The highest BCUT2D eigenvalue weighted by Crippen LogP contribution is 2.16. The van der Waals surface area contributed by atoms with E-state index < -0.39 is 12.1 Å². The molecule has 0 rings (SSSR count). The first-order valence-corrected chi connectivity index (χ1v) is 26.6. The Kier molecular flexibility index (Phi) is 48.6. The molecule has 60 heavy (non-hydrogen) atoms. The Morgan fingerprint density at radius 1 is 0.467 bits per heavy atom. The van der Waals surface area contributed by atoms with Gasteiger partial charge in [-0.1, -0.05) is 237 Å². The molecule has 0 aromatic rings. The quantitative estimate of drug-likeness (QED) is 0.0322. The molecule has 0 spiro atoms. The van der Waals surface area contributed by atoms with Gasteiger partial charge in [-0.25, -0.2) is 0 Å². The van der Waals surface area contributed by atoms with Gasteiger partial charge in [0, 0.05) is 12.8 Å². The zero-order chi connectivity index (χ0) is 43.7. The zero-order valence-corrected chi connectivity index (χ0v) is 40.2. The predicted molar refractivity (Wildman–Crippen MR) is 260 cm³/mol. The standard InChI is InChI=1S/C54H103NO5/c1-3-5-7-9-11-13-15-17-18-19-20-24-28-32-36-40-44-48-54(59)60-49-45-41-37-33-29-25-22-21-23-27-31-35-39-43-47-53(58)55-51(50-56)52(57)46-42-38-34-30-26-16-14-12-10-8-6-4-2/h11,13,17-18,51-52,56-57H,3-10,12,14-16,19-50H2,1-2H3,(H,55,58)/b13-11-,18-17-. The summed E-state index contributed by atoms with van der Waals surface area (Å²) in [6.07, 6.45) is 58.6. The van der Waals surface area contributed by atoms with Crippen LogP contribution in [0.1, 0.15) is 284 Å². The van der Waals surface area contributed by atoms with Gasteiger partial charge < -0.3 is 20.3 Å². The Hall–Kier alpha value is -1.66. The molecule has 3 N–H and O–H groups in total. The van der Waals surface area contributed by atoms with E-state index in [0.717, 1.165) is 57.8 Å². The van der Waals surface area contributed by atoms with Crippen molar-refractivity contribution in [3.8, 4) is 0 Å². The van der Waals surface area contributed by atoms with Crippen LogP contribution < -0.4 is 5.32 Å². The first-order chi connectivity index (χ1) is 29.5. The molecule has 0 aliphatic rings. The van der Waals surface area contributed by atoms with Crippen LogP contribution >= 0.6 is 0 Å². The summed E-state index contributed by atoms with van der Waals surface area (Å²) in [6.45, 7) is 4.90. The van der Waals surface area contributed by atoms with Crippen molar-refractivity contribution < 1.29 is 24.5 Å². The van der Waals surface area contributed by atoms with Gasteiger partial charge in [-0.2, -0.15) is 0 Å². The second-order valence-corrected chi connectivity index (χ2v) is 18.2. The number of carbonyl (C=O) groups excluding carboxylic acids is 2. The lowest BCUT2D eigenvalue weighted by atomic mass is 10.0. The van der Waals surface area contributed by atoms with E-state index in [1.807, 2.05) is 0 Å². The summed E-state index contributed by atoms with van der Waals surface area (Å²) < 4.78 is 5.47. The van der Waals surface area contributed by atoms with Crippen LogP contribution in [-0.4, -0.2) is 47.4 Å². The predicted octanol–water partition coefficient (Wildman–Crippen LogP) is 15.9. The molecule has 1 amide bonds. The van der Waals surface area contributed by atoms with Crippen LogP contribution in [0.2, 0.25) is 0 Å². The number of unbranched alkanes of at least 4 members (excludes halogenated alkanes) is 34. The van der Waals surface area contributed by atoms with Gasteiger partial charge in [0.1, 0.15) is 0 Å². The number of carbonyl (C=O) groups is 2. The van der Waals surface area contributed by atoms with E-state index in [9.17, 15) is 19.8 Å². The number of nitrogens with one attached hydrogen (secondary N) is 1. The van der Waals surface area contributed by atoms with Crippen LogP contribution in [0.3, 0.4) is 0 Å². The van der Waals surface area contributed by atoms with E-state index in [4.69, 9.17) is 4.74 Å². The van der Waals surface area contributed by atoms with Crippen molar-refractivity contribution in [1.82, 2.24) is 5.32 Å². The highest BCUT2D eigenvalue weighted by atomic mass is 16.5. The largest absolute Gasteiger partial charge is 0.466 e. The molecule has 0 radical (unpaired) electrons. The summed E-state index contributed by atoms with van der Waals surface area (Å²) in [5, 5.41) is 23.2. The number of aliphatic hydroxyl groups is 2. The van der Waals surface area contributed by atoms with Gasteiger partial charge in [-0.15, -0.1) is 0 Å². The van der Waals surface area contributed by atoms with Gasteiger partial charge in [0.05, 0.1) is 25.4 Å². The lowest BCUT2D eigenvalue weighted by Crippen LogP contribution is -2.45. The molecule has 0 aliphatic heterocycles. The molecule has 0 aliphatic carbocycles. The van der Waals surface area contributed by atoms with Gasteiger partial charge >= 0.3 is 5.97 Å². The molecular formula is C54H103NO5. The number of esters is 1. The maximum Gasteiger partial charge on any atom is 0.305 e. The fourth-order valence-corrected chi connectivity index (χ4v) is 8.14. The molecule has 0 saturated heterocycles. The molecule has 0 aromatic carbocycles. The van der Waals surface area contributed by atoms with Crippen molar-refractivity contribution in [2.75, 3.05) is 13.2 Å². The van der Waals surface area contributed by atoms with Crippen molar-refractivity contribution in [1.29, 1.82) is 0 Å². The number of ether oxygens (including phenoxy) is 1. The Morgan fingerprint density at radius 2 is 0.833 bits per heavy atom. The van der Waals surface area contributed by atoms with Crippen LogP contribution in [0.4, 0.5) is 0 Å². The third-order valence-electron chi connectivity index (χ3n) is 12.3. The third-order valence-corrected chi connectivity index (χ3v) is 12.3. The van der Waals surface area contributed by atoms with Crippen LogP contribution in [0.15, 0.2) is 24.3 Å². The SMILES string of the molecule is CCCCC/C=C\C/C=C\CCCCCCCCCC(=O)OCCCCCCCCCCCCCCCCC(=O)NC(CO)C(O)CCCCCCCCCCCCCC.